The molecular weight excluding hydrogens is 228 g/mol. The van der Waals surface area contributed by atoms with Gasteiger partial charge >= 0.3 is 0 Å². The van der Waals surface area contributed by atoms with Crippen LogP contribution in [0.25, 0.3) is 0 Å². The Labute approximate surface area is 108 Å². The molecular formula is C15H20OS. The van der Waals surface area contributed by atoms with Gasteiger partial charge < -0.3 is 5.11 Å². The second kappa shape index (κ2) is 5.03. The molecule has 2 aliphatic carbocycles. The molecule has 2 aliphatic rings. The van der Waals surface area contributed by atoms with E-state index in [1.807, 2.05) is 11.8 Å². The molecule has 2 atom stereocenters. The average Bonchev–Trinajstić information content (AvgIpc) is 2.79. The minimum Gasteiger partial charge on any atom is -0.392 e. The van der Waals surface area contributed by atoms with Crippen LogP contribution in [-0.4, -0.2) is 16.5 Å². The van der Waals surface area contributed by atoms with Crippen LogP contribution in [0, 0.1) is 0 Å². The zero-order valence-electron chi connectivity index (χ0n) is 10.2. The molecule has 17 heavy (non-hydrogen) atoms. The fraction of sp³-hybridized carbons (Fsp3) is 0.600. The first-order chi connectivity index (χ1) is 8.33. The Morgan fingerprint density at radius 2 is 1.82 bits per heavy atom. The SMILES string of the molecule is OC1CCCCC1Sc1ccc2c(c1)CCC2. The van der Waals surface area contributed by atoms with E-state index in [1.165, 1.54) is 43.4 Å². The normalized spacial score (nSPS) is 28.1. The van der Waals surface area contributed by atoms with E-state index in [0.717, 1.165) is 6.42 Å². The summed E-state index contributed by atoms with van der Waals surface area (Å²) in [5.41, 5.74) is 3.08. The largest absolute Gasteiger partial charge is 0.392 e. The number of thioether (sulfide) groups is 1. The maximum absolute atomic E-state index is 10.0. The van der Waals surface area contributed by atoms with Crippen LogP contribution < -0.4 is 0 Å². The summed E-state index contributed by atoms with van der Waals surface area (Å²) < 4.78 is 0. The maximum atomic E-state index is 10.0. The first-order valence-corrected chi connectivity index (χ1v) is 7.67. The van der Waals surface area contributed by atoms with Gasteiger partial charge in [-0.3, -0.25) is 0 Å². The van der Waals surface area contributed by atoms with Crippen LogP contribution >= 0.6 is 11.8 Å². The molecule has 1 N–H and O–H groups in total. The molecule has 0 aromatic heterocycles. The van der Waals surface area contributed by atoms with Crippen molar-refractivity contribution in [2.45, 2.75) is 61.2 Å². The predicted molar refractivity (Wildman–Crippen MR) is 72.6 cm³/mol. The molecule has 1 fully saturated rings. The molecule has 1 saturated carbocycles. The molecule has 1 aromatic carbocycles. The molecule has 0 spiro atoms. The van der Waals surface area contributed by atoms with Gasteiger partial charge in [-0.05, 0) is 55.4 Å². The molecule has 0 radical (unpaired) electrons. The standard InChI is InChI=1S/C15H20OS/c16-14-6-1-2-7-15(14)17-13-9-8-11-4-3-5-12(11)10-13/h8-10,14-16H,1-7H2. The number of aliphatic hydroxyl groups is 1. The zero-order chi connectivity index (χ0) is 11.7. The Morgan fingerprint density at radius 1 is 1.00 bits per heavy atom. The van der Waals surface area contributed by atoms with Crippen molar-refractivity contribution in [1.82, 2.24) is 0 Å². The van der Waals surface area contributed by atoms with Crippen molar-refractivity contribution >= 4 is 11.8 Å². The minimum absolute atomic E-state index is 0.0954. The van der Waals surface area contributed by atoms with Crippen molar-refractivity contribution in [3.63, 3.8) is 0 Å². The highest BCUT2D eigenvalue weighted by Gasteiger charge is 2.24. The van der Waals surface area contributed by atoms with Crippen molar-refractivity contribution in [3.05, 3.63) is 29.3 Å². The predicted octanol–water partition coefficient (Wildman–Crippen LogP) is 3.57. The summed E-state index contributed by atoms with van der Waals surface area (Å²) in [5.74, 6) is 0. The molecule has 0 aliphatic heterocycles. The number of benzene rings is 1. The molecule has 2 unspecified atom stereocenters. The third-order valence-corrected chi connectivity index (χ3v) is 5.40. The lowest BCUT2D eigenvalue weighted by Gasteiger charge is -2.27. The third-order valence-electron chi connectivity index (χ3n) is 4.03. The molecule has 0 amide bonds. The van der Waals surface area contributed by atoms with Gasteiger partial charge in [-0.15, -0.1) is 11.8 Å². The van der Waals surface area contributed by atoms with E-state index in [4.69, 9.17) is 0 Å². The lowest BCUT2D eigenvalue weighted by Crippen LogP contribution is -2.26. The highest BCUT2D eigenvalue weighted by atomic mass is 32.2. The molecule has 92 valence electrons. The van der Waals surface area contributed by atoms with E-state index in [0.29, 0.717) is 5.25 Å². The minimum atomic E-state index is -0.0954. The van der Waals surface area contributed by atoms with Gasteiger partial charge in [-0.2, -0.15) is 0 Å². The number of aliphatic hydroxyl groups excluding tert-OH is 1. The van der Waals surface area contributed by atoms with E-state index in [-0.39, 0.29) is 6.10 Å². The zero-order valence-corrected chi connectivity index (χ0v) is 11.0. The summed E-state index contributed by atoms with van der Waals surface area (Å²) in [4.78, 5) is 1.36. The first-order valence-electron chi connectivity index (χ1n) is 6.79. The number of aryl methyl sites for hydroxylation is 2. The second-order valence-corrected chi connectivity index (χ2v) is 6.60. The summed E-state index contributed by atoms with van der Waals surface area (Å²) in [5, 5.41) is 10.4. The van der Waals surface area contributed by atoms with E-state index < -0.39 is 0 Å². The van der Waals surface area contributed by atoms with Gasteiger partial charge in [-0.25, -0.2) is 0 Å². The van der Waals surface area contributed by atoms with Gasteiger partial charge in [0.2, 0.25) is 0 Å². The van der Waals surface area contributed by atoms with Crippen molar-refractivity contribution in [1.29, 1.82) is 0 Å². The van der Waals surface area contributed by atoms with Gasteiger partial charge in [0.15, 0.2) is 0 Å². The Balaban J connectivity index is 1.72. The molecule has 0 saturated heterocycles. The fourth-order valence-corrected chi connectivity index (χ4v) is 4.30. The van der Waals surface area contributed by atoms with Crippen LogP contribution in [0.15, 0.2) is 23.1 Å². The van der Waals surface area contributed by atoms with E-state index in [1.54, 1.807) is 11.1 Å². The molecule has 0 bridgehead atoms. The van der Waals surface area contributed by atoms with E-state index >= 15 is 0 Å². The topological polar surface area (TPSA) is 20.2 Å². The summed E-state index contributed by atoms with van der Waals surface area (Å²) in [7, 11) is 0. The average molecular weight is 248 g/mol. The van der Waals surface area contributed by atoms with Crippen molar-refractivity contribution in [3.8, 4) is 0 Å². The number of hydrogen-bond acceptors (Lipinski definition) is 2. The lowest BCUT2D eigenvalue weighted by atomic mass is 9.97. The second-order valence-electron chi connectivity index (χ2n) is 5.29. The number of rotatable bonds is 2. The van der Waals surface area contributed by atoms with Crippen LogP contribution in [0.1, 0.15) is 43.2 Å². The Bertz CT molecular complexity index is 402. The van der Waals surface area contributed by atoms with Crippen LogP contribution in [0.2, 0.25) is 0 Å². The first kappa shape index (κ1) is 11.6. The highest BCUT2D eigenvalue weighted by molar-refractivity contribution is 8.00. The van der Waals surface area contributed by atoms with Crippen LogP contribution in [0.3, 0.4) is 0 Å². The van der Waals surface area contributed by atoms with Gasteiger partial charge in [0, 0.05) is 10.1 Å². The van der Waals surface area contributed by atoms with Crippen LogP contribution in [0.4, 0.5) is 0 Å². The maximum Gasteiger partial charge on any atom is 0.0662 e. The highest BCUT2D eigenvalue weighted by Crippen LogP contribution is 2.35. The van der Waals surface area contributed by atoms with Gasteiger partial charge in [0.05, 0.1) is 6.10 Å². The third kappa shape index (κ3) is 2.53. The molecule has 3 rings (SSSR count). The summed E-state index contributed by atoms with van der Waals surface area (Å²) in [6, 6.07) is 6.89. The van der Waals surface area contributed by atoms with Crippen LogP contribution in [0.5, 0.6) is 0 Å². The van der Waals surface area contributed by atoms with E-state index in [9.17, 15) is 5.11 Å². The molecule has 0 heterocycles. The monoisotopic (exact) mass is 248 g/mol. The Morgan fingerprint density at radius 3 is 2.71 bits per heavy atom. The summed E-state index contributed by atoms with van der Waals surface area (Å²) in [6.07, 6.45) is 8.36. The van der Waals surface area contributed by atoms with Gasteiger partial charge in [-0.1, -0.05) is 18.9 Å². The van der Waals surface area contributed by atoms with E-state index in [2.05, 4.69) is 18.2 Å². The Kier molecular flexibility index (Phi) is 3.44. The lowest BCUT2D eigenvalue weighted by molar-refractivity contribution is 0.137. The van der Waals surface area contributed by atoms with Crippen LogP contribution in [-0.2, 0) is 12.8 Å². The fourth-order valence-electron chi connectivity index (χ4n) is 3.01. The van der Waals surface area contributed by atoms with Gasteiger partial charge in [0.25, 0.3) is 0 Å². The van der Waals surface area contributed by atoms with Gasteiger partial charge in [0.1, 0.15) is 0 Å². The molecule has 1 nitrogen and oxygen atoms in total. The summed E-state index contributed by atoms with van der Waals surface area (Å²) >= 11 is 1.89. The van der Waals surface area contributed by atoms with Crippen molar-refractivity contribution in [2.75, 3.05) is 0 Å². The van der Waals surface area contributed by atoms with Crippen molar-refractivity contribution in [2.24, 2.45) is 0 Å². The smallest absolute Gasteiger partial charge is 0.0662 e. The molecule has 2 heteroatoms. The summed E-state index contributed by atoms with van der Waals surface area (Å²) in [6.45, 7) is 0. The van der Waals surface area contributed by atoms with Crippen molar-refractivity contribution < 1.29 is 5.11 Å². The molecule has 1 aromatic rings. The number of fused-ring (bicyclic) bond motifs is 1. The number of hydrogen-bond donors (Lipinski definition) is 1. The quantitative estimate of drug-likeness (QED) is 0.863. The Hall–Kier alpha value is -0.470.